The number of carbonyl (C=O) groups excluding carboxylic acids is 1. The average Bonchev–Trinajstić information content (AvgIpc) is 2.96. The topological polar surface area (TPSA) is 67.5 Å². The third-order valence-corrected chi connectivity index (χ3v) is 3.83. The van der Waals surface area contributed by atoms with Crippen LogP contribution in [0.4, 0.5) is 4.79 Å². The van der Waals surface area contributed by atoms with Crippen LogP contribution < -0.4 is 4.74 Å². The van der Waals surface area contributed by atoms with E-state index in [0.717, 1.165) is 34.9 Å². The zero-order chi connectivity index (χ0) is 17.3. The zero-order valence-corrected chi connectivity index (χ0v) is 14.5. The van der Waals surface area contributed by atoms with Crippen molar-refractivity contribution in [2.24, 2.45) is 0 Å². The van der Waals surface area contributed by atoms with Gasteiger partial charge in [0, 0.05) is 18.5 Å². The number of hydrogen-bond donors (Lipinski definition) is 1. The molecule has 3 rings (SSSR count). The monoisotopic (exact) mass is 329 g/mol. The summed E-state index contributed by atoms with van der Waals surface area (Å²) < 4.78 is 10.7. The Balaban J connectivity index is 1.78. The SMILES string of the molecule is COc1cccc(-c2nc3c([nH]2)CN(C(=O)OC(C)(C)C)CC3)c1. The molecule has 24 heavy (non-hydrogen) atoms. The predicted molar refractivity (Wildman–Crippen MR) is 90.9 cm³/mol. The minimum absolute atomic E-state index is 0.286. The van der Waals surface area contributed by atoms with Crippen LogP contribution >= 0.6 is 0 Å². The van der Waals surface area contributed by atoms with Crippen molar-refractivity contribution in [2.75, 3.05) is 13.7 Å². The maximum atomic E-state index is 12.2. The highest BCUT2D eigenvalue weighted by molar-refractivity contribution is 5.68. The fourth-order valence-corrected chi connectivity index (χ4v) is 2.68. The van der Waals surface area contributed by atoms with Gasteiger partial charge in [-0.15, -0.1) is 0 Å². The molecule has 1 aliphatic heterocycles. The van der Waals surface area contributed by atoms with Gasteiger partial charge in [0.05, 0.1) is 25.0 Å². The van der Waals surface area contributed by atoms with Gasteiger partial charge < -0.3 is 19.4 Å². The first-order valence-electron chi connectivity index (χ1n) is 8.06. The summed E-state index contributed by atoms with van der Waals surface area (Å²) in [6.07, 6.45) is 0.431. The van der Waals surface area contributed by atoms with Gasteiger partial charge in [-0.05, 0) is 32.9 Å². The number of ether oxygens (including phenoxy) is 2. The summed E-state index contributed by atoms with van der Waals surface area (Å²) in [5, 5.41) is 0. The second-order valence-electron chi connectivity index (χ2n) is 6.89. The predicted octanol–water partition coefficient (Wildman–Crippen LogP) is 3.38. The first-order valence-corrected chi connectivity index (χ1v) is 8.06. The van der Waals surface area contributed by atoms with Gasteiger partial charge in [-0.2, -0.15) is 0 Å². The number of benzene rings is 1. The summed E-state index contributed by atoms with van der Waals surface area (Å²) in [5.41, 5.74) is 2.45. The van der Waals surface area contributed by atoms with Crippen LogP contribution in [0.25, 0.3) is 11.4 Å². The lowest BCUT2D eigenvalue weighted by Gasteiger charge is -2.29. The molecule has 6 nitrogen and oxygen atoms in total. The first kappa shape index (κ1) is 16.4. The lowest BCUT2D eigenvalue weighted by atomic mass is 10.1. The van der Waals surface area contributed by atoms with Gasteiger partial charge in [-0.25, -0.2) is 9.78 Å². The standard InChI is InChI=1S/C18H23N3O3/c1-18(2,3)24-17(22)21-9-8-14-15(11-21)20-16(19-14)12-6-5-7-13(10-12)23-4/h5-7,10H,8-9,11H2,1-4H3,(H,19,20). The van der Waals surface area contributed by atoms with Crippen molar-refractivity contribution in [1.82, 2.24) is 14.9 Å². The van der Waals surface area contributed by atoms with Crippen LogP contribution in [0.2, 0.25) is 0 Å². The van der Waals surface area contributed by atoms with Crippen molar-refractivity contribution >= 4 is 6.09 Å². The van der Waals surface area contributed by atoms with Crippen molar-refractivity contribution in [2.45, 2.75) is 39.3 Å². The fraction of sp³-hybridized carbons (Fsp3) is 0.444. The summed E-state index contributed by atoms with van der Waals surface area (Å²) in [5.74, 6) is 1.59. The number of nitrogens with one attached hydrogen (secondary N) is 1. The van der Waals surface area contributed by atoms with E-state index in [1.807, 2.05) is 45.0 Å². The van der Waals surface area contributed by atoms with Gasteiger partial charge in [-0.1, -0.05) is 12.1 Å². The number of rotatable bonds is 2. The second kappa shape index (κ2) is 6.19. The van der Waals surface area contributed by atoms with E-state index in [0.29, 0.717) is 13.1 Å². The van der Waals surface area contributed by atoms with Crippen LogP contribution in [0, 0.1) is 0 Å². The van der Waals surface area contributed by atoms with Crippen molar-refractivity contribution in [1.29, 1.82) is 0 Å². The van der Waals surface area contributed by atoms with Gasteiger partial charge in [0.25, 0.3) is 0 Å². The Morgan fingerprint density at radius 1 is 1.33 bits per heavy atom. The number of nitrogens with zero attached hydrogens (tertiary/aromatic N) is 2. The molecule has 6 heteroatoms. The Labute approximate surface area is 141 Å². The third-order valence-electron chi connectivity index (χ3n) is 3.83. The van der Waals surface area contributed by atoms with E-state index in [-0.39, 0.29) is 6.09 Å². The Kier molecular flexibility index (Phi) is 4.22. The molecule has 0 saturated carbocycles. The maximum Gasteiger partial charge on any atom is 0.410 e. The van der Waals surface area contributed by atoms with Crippen molar-refractivity contribution in [3.05, 3.63) is 35.7 Å². The van der Waals surface area contributed by atoms with E-state index in [4.69, 9.17) is 9.47 Å². The van der Waals surface area contributed by atoms with Crippen LogP contribution in [0.15, 0.2) is 24.3 Å². The van der Waals surface area contributed by atoms with E-state index in [1.165, 1.54) is 0 Å². The number of aromatic nitrogens is 2. The smallest absolute Gasteiger partial charge is 0.410 e. The molecule has 1 amide bonds. The molecule has 1 aromatic carbocycles. The lowest BCUT2D eigenvalue weighted by molar-refractivity contribution is 0.0221. The van der Waals surface area contributed by atoms with Gasteiger partial charge in [0.2, 0.25) is 0 Å². The molecule has 1 aromatic heterocycles. The number of aromatic amines is 1. The lowest BCUT2D eigenvalue weighted by Crippen LogP contribution is -2.39. The summed E-state index contributed by atoms with van der Waals surface area (Å²) in [4.78, 5) is 22.0. The molecule has 0 fully saturated rings. The minimum atomic E-state index is -0.489. The number of imidazole rings is 1. The normalized spacial score (nSPS) is 14.2. The Bertz CT molecular complexity index is 746. The number of hydrogen-bond acceptors (Lipinski definition) is 4. The molecule has 2 heterocycles. The van der Waals surface area contributed by atoms with E-state index in [2.05, 4.69) is 9.97 Å². The Hall–Kier alpha value is -2.50. The van der Waals surface area contributed by atoms with Crippen molar-refractivity contribution in [3.8, 4) is 17.1 Å². The second-order valence-corrected chi connectivity index (χ2v) is 6.89. The highest BCUT2D eigenvalue weighted by Crippen LogP contribution is 2.26. The third kappa shape index (κ3) is 3.53. The van der Waals surface area contributed by atoms with Gasteiger partial charge >= 0.3 is 6.09 Å². The summed E-state index contributed by atoms with van der Waals surface area (Å²) in [6.45, 7) is 6.72. The molecule has 2 aromatic rings. The molecule has 0 bridgehead atoms. The number of H-pyrrole nitrogens is 1. The van der Waals surface area contributed by atoms with E-state index >= 15 is 0 Å². The van der Waals surface area contributed by atoms with Gasteiger partial charge in [0.1, 0.15) is 17.2 Å². The van der Waals surface area contributed by atoms with E-state index < -0.39 is 5.60 Å². The zero-order valence-electron chi connectivity index (χ0n) is 14.5. The maximum absolute atomic E-state index is 12.2. The van der Waals surface area contributed by atoms with Crippen LogP contribution in [-0.4, -0.2) is 40.2 Å². The minimum Gasteiger partial charge on any atom is -0.497 e. The molecule has 0 aliphatic carbocycles. The Morgan fingerprint density at radius 3 is 2.83 bits per heavy atom. The molecular weight excluding hydrogens is 306 g/mol. The fourth-order valence-electron chi connectivity index (χ4n) is 2.68. The number of methoxy groups -OCH3 is 1. The quantitative estimate of drug-likeness (QED) is 0.917. The molecule has 0 spiro atoms. The summed E-state index contributed by atoms with van der Waals surface area (Å²) >= 11 is 0. The van der Waals surface area contributed by atoms with Gasteiger partial charge in [0.15, 0.2) is 0 Å². The molecule has 0 saturated heterocycles. The van der Waals surface area contributed by atoms with E-state index in [1.54, 1.807) is 12.0 Å². The van der Waals surface area contributed by atoms with Crippen molar-refractivity contribution in [3.63, 3.8) is 0 Å². The first-order chi connectivity index (χ1) is 11.4. The molecule has 128 valence electrons. The molecule has 0 unspecified atom stereocenters. The summed E-state index contributed by atoms with van der Waals surface area (Å²) in [7, 11) is 1.64. The largest absolute Gasteiger partial charge is 0.497 e. The highest BCUT2D eigenvalue weighted by Gasteiger charge is 2.27. The Morgan fingerprint density at radius 2 is 2.12 bits per heavy atom. The van der Waals surface area contributed by atoms with Gasteiger partial charge in [-0.3, -0.25) is 0 Å². The molecule has 0 atom stereocenters. The van der Waals surface area contributed by atoms with Crippen LogP contribution in [0.5, 0.6) is 5.75 Å². The molecule has 0 radical (unpaired) electrons. The van der Waals surface area contributed by atoms with Crippen LogP contribution in [0.3, 0.4) is 0 Å². The highest BCUT2D eigenvalue weighted by atomic mass is 16.6. The van der Waals surface area contributed by atoms with E-state index in [9.17, 15) is 4.79 Å². The number of amides is 1. The molecule has 1 N–H and O–H groups in total. The number of fused-ring (bicyclic) bond motifs is 1. The average molecular weight is 329 g/mol. The molecule has 1 aliphatic rings. The van der Waals surface area contributed by atoms with Crippen molar-refractivity contribution < 1.29 is 14.3 Å². The summed E-state index contributed by atoms with van der Waals surface area (Å²) in [6, 6.07) is 7.76. The molecular formula is C18H23N3O3. The van der Waals surface area contributed by atoms with Crippen LogP contribution in [0.1, 0.15) is 32.2 Å². The number of carbonyl (C=O) groups is 1. The van der Waals surface area contributed by atoms with Crippen LogP contribution in [-0.2, 0) is 17.7 Å².